The maximum Gasteiger partial charge on any atom is 0.256 e. The van der Waals surface area contributed by atoms with Gasteiger partial charge in [0.25, 0.3) is 5.91 Å². The molecule has 0 aliphatic rings. The van der Waals surface area contributed by atoms with Crippen molar-refractivity contribution in [1.29, 1.82) is 0 Å². The second-order valence-corrected chi connectivity index (χ2v) is 6.97. The van der Waals surface area contributed by atoms with Crippen LogP contribution in [0.1, 0.15) is 28.4 Å². The van der Waals surface area contributed by atoms with Crippen molar-refractivity contribution in [1.82, 2.24) is 8.75 Å². The molecule has 0 saturated carbocycles. The highest BCUT2D eigenvalue weighted by Gasteiger charge is 2.17. The van der Waals surface area contributed by atoms with Crippen LogP contribution in [-0.4, -0.2) is 14.7 Å². The maximum atomic E-state index is 13.2. The fourth-order valence-corrected chi connectivity index (χ4v) is 3.77. The monoisotopic (exact) mass is 373 g/mol. The smallest absolute Gasteiger partial charge is 0.256 e. The Balaban J connectivity index is 1.74. The summed E-state index contributed by atoms with van der Waals surface area (Å²) in [5.41, 5.74) is 7.06. The van der Waals surface area contributed by atoms with Crippen molar-refractivity contribution in [3.8, 4) is 11.1 Å². The quantitative estimate of drug-likeness (QED) is 0.515. The van der Waals surface area contributed by atoms with E-state index >= 15 is 0 Å². The van der Waals surface area contributed by atoms with Crippen LogP contribution in [0.2, 0.25) is 0 Å². The van der Waals surface area contributed by atoms with Crippen LogP contribution in [0.4, 0.5) is 5.69 Å². The minimum Gasteiger partial charge on any atom is -0.320 e. The molecular formula is C22H19N3OS. The van der Waals surface area contributed by atoms with Crippen LogP contribution < -0.4 is 5.32 Å². The molecule has 0 saturated heterocycles. The van der Waals surface area contributed by atoms with E-state index in [1.165, 1.54) is 5.56 Å². The number of rotatable bonds is 4. The van der Waals surface area contributed by atoms with E-state index in [2.05, 4.69) is 45.3 Å². The Hall–Kier alpha value is -3.05. The number of carbonyl (C=O) groups excluding carboxylic acids is 1. The first-order valence-corrected chi connectivity index (χ1v) is 9.62. The van der Waals surface area contributed by atoms with Crippen LogP contribution in [0.5, 0.6) is 0 Å². The number of benzene rings is 3. The minimum absolute atomic E-state index is 0.136. The number of fused-ring (bicyclic) bond motifs is 1. The van der Waals surface area contributed by atoms with Crippen LogP contribution in [-0.2, 0) is 6.42 Å². The van der Waals surface area contributed by atoms with Gasteiger partial charge in [-0.1, -0.05) is 55.5 Å². The zero-order valence-electron chi connectivity index (χ0n) is 15.2. The normalized spacial score (nSPS) is 10.9. The van der Waals surface area contributed by atoms with Crippen LogP contribution in [0.25, 0.3) is 22.2 Å². The summed E-state index contributed by atoms with van der Waals surface area (Å²) >= 11 is 1.15. The van der Waals surface area contributed by atoms with Gasteiger partial charge in [-0.3, -0.25) is 4.79 Å². The average molecular weight is 373 g/mol. The first kappa shape index (κ1) is 17.4. The van der Waals surface area contributed by atoms with Crippen LogP contribution in [0.15, 0.2) is 60.7 Å². The van der Waals surface area contributed by atoms with Crippen molar-refractivity contribution in [2.75, 3.05) is 5.32 Å². The topological polar surface area (TPSA) is 54.9 Å². The lowest BCUT2D eigenvalue weighted by Gasteiger charge is -2.14. The number of aromatic nitrogens is 2. The molecule has 0 unspecified atom stereocenters. The number of aryl methyl sites for hydroxylation is 2. The highest BCUT2D eigenvalue weighted by Crippen LogP contribution is 2.29. The highest BCUT2D eigenvalue weighted by atomic mass is 32.1. The number of hydrogen-bond donors (Lipinski definition) is 1. The summed E-state index contributed by atoms with van der Waals surface area (Å²) < 4.78 is 8.54. The molecule has 134 valence electrons. The van der Waals surface area contributed by atoms with Crippen molar-refractivity contribution in [3.63, 3.8) is 0 Å². The fraction of sp³-hybridized carbons (Fsp3) is 0.136. The number of anilines is 1. The molecule has 0 atom stereocenters. The molecule has 5 heteroatoms. The van der Waals surface area contributed by atoms with Crippen LogP contribution in [0, 0.1) is 6.92 Å². The van der Waals surface area contributed by atoms with Gasteiger partial charge >= 0.3 is 0 Å². The van der Waals surface area contributed by atoms with E-state index in [4.69, 9.17) is 0 Å². The van der Waals surface area contributed by atoms with Gasteiger partial charge in [0.05, 0.1) is 23.0 Å². The Morgan fingerprint density at radius 2 is 1.78 bits per heavy atom. The van der Waals surface area contributed by atoms with Crippen molar-refractivity contribution in [2.45, 2.75) is 20.3 Å². The van der Waals surface area contributed by atoms with E-state index in [-0.39, 0.29) is 5.91 Å². The van der Waals surface area contributed by atoms with E-state index < -0.39 is 0 Å². The summed E-state index contributed by atoms with van der Waals surface area (Å²) in [5, 5.41) is 3.03. The zero-order valence-corrected chi connectivity index (χ0v) is 16.0. The van der Waals surface area contributed by atoms with Gasteiger partial charge in [-0.25, -0.2) is 0 Å². The lowest BCUT2D eigenvalue weighted by Crippen LogP contribution is -2.15. The summed E-state index contributed by atoms with van der Waals surface area (Å²) in [7, 11) is 0. The van der Waals surface area contributed by atoms with Crippen molar-refractivity contribution < 1.29 is 4.79 Å². The molecule has 0 radical (unpaired) electrons. The summed E-state index contributed by atoms with van der Waals surface area (Å²) in [6, 6.07) is 19.9. The first-order chi connectivity index (χ1) is 13.2. The predicted octanol–water partition coefficient (Wildman–Crippen LogP) is 5.48. The summed E-state index contributed by atoms with van der Waals surface area (Å²) in [6.07, 6.45) is 0.993. The Morgan fingerprint density at radius 1 is 1.00 bits per heavy atom. The zero-order chi connectivity index (χ0) is 18.8. The molecule has 4 rings (SSSR count). The Kier molecular flexibility index (Phi) is 4.69. The summed E-state index contributed by atoms with van der Waals surface area (Å²) in [5.74, 6) is -0.136. The van der Waals surface area contributed by atoms with E-state index in [0.717, 1.165) is 45.9 Å². The van der Waals surface area contributed by atoms with Gasteiger partial charge in [-0.05, 0) is 47.7 Å². The third kappa shape index (κ3) is 3.34. The van der Waals surface area contributed by atoms with Gasteiger partial charge in [0.1, 0.15) is 11.0 Å². The standard InChI is InChI=1S/C22H19N3OS/c1-3-15-10-12-16(13-11-15)17-7-4-6-14(2)20(17)22(26)23-18-8-5-9-19-21(18)25-27-24-19/h4-13H,3H2,1-2H3,(H,23,26). The number of hydrogen-bond acceptors (Lipinski definition) is 4. The van der Waals surface area contributed by atoms with Crippen LogP contribution in [0.3, 0.4) is 0 Å². The van der Waals surface area contributed by atoms with E-state index in [0.29, 0.717) is 11.3 Å². The average Bonchev–Trinajstić information content (AvgIpc) is 3.17. The van der Waals surface area contributed by atoms with Gasteiger partial charge in [0.2, 0.25) is 0 Å². The molecule has 1 N–H and O–H groups in total. The van der Waals surface area contributed by atoms with Gasteiger partial charge < -0.3 is 5.32 Å². The summed E-state index contributed by atoms with van der Waals surface area (Å²) in [4.78, 5) is 13.2. The van der Waals surface area contributed by atoms with Crippen molar-refractivity contribution in [3.05, 3.63) is 77.4 Å². The number of amides is 1. The second kappa shape index (κ2) is 7.29. The second-order valence-electron chi connectivity index (χ2n) is 6.44. The van der Waals surface area contributed by atoms with Crippen LogP contribution >= 0.6 is 11.7 Å². The molecule has 0 bridgehead atoms. The molecule has 1 amide bonds. The number of carbonyl (C=O) groups is 1. The third-order valence-electron chi connectivity index (χ3n) is 4.71. The number of nitrogens with one attached hydrogen (secondary N) is 1. The van der Waals surface area contributed by atoms with Gasteiger partial charge in [-0.2, -0.15) is 8.75 Å². The van der Waals surface area contributed by atoms with Gasteiger partial charge in [-0.15, -0.1) is 0 Å². The van der Waals surface area contributed by atoms with E-state index in [9.17, 15) is 4.79 Å². The Bertz CT molecular complexity index is 1120. The fourth-order valence-electron chi connectivity index (χ4n) is 3.22. The largest absolute Gasteiger partial charge is 0.320 e. The Morgan fingerprint density at radius 3 is 2.56 bits per heavy atom. The molecule has 27 heavy (non-hydrogen) atoms. The summed E-state index contributed by atoms with van der Waals surface area (Å²) in [6.45, 7) is 4.10. The van der Waals surface area contributed by atoms with Gasteiger partial charge in [0, 0.05) is 0 Å². The third-order valence-corrected chi connectivity index (χ3v) is 5.25. The van der Waals surface area contributed by atoms with Crippen molar-refractivity contribution in [2.24, 2.45) is 0 Å². The molecule has 3 aromatic carbocycles. The molecule has 4 nitrogen and oxygen atoms in total. The molecule has 1 heterocycles. The maximum absolute atomic E-state index is 13.2. The molecule has 0 aliphatic carbocycles. The highest BCUT2D eigenvalue weighted by molar-refractivity contribution is 7.00. The predicted molar refractivity (Wildman–Crippen MR) is 111 cm³/mol. The van der Waals surface area contributed by atoms with Crippen molar-refractivity contribution >= 4 is 34.4 Å². The lowest BCUT2D eigenvalue weighted by molar-refractivity contribution is 0.102. The molecular weight excluding hydrogens is 354 g/mol. The van der Waals surface area contributed by atoms with Gasteiger partial charge in [0.15, 0.2) is 0 Å². The minimum atomic E-state index is -0.136. The molecule has 4 aromatic rings. The molecule has 0 aliphatic heterocycles. The lowest BCUT2D eigenvalue weighted by atomic mass is 9.94. The van der Waals surface area contributed by atoms with E-state index in [1.54, 1.807) is 0 Å². The molecule has 0 fully saturated rings. The Labute approximate surface area is 162 Å². The SMILES string of the molecule is CCc1ccc(-c2cccc(C)c2C(=O)Nc2cccc3nsnc23)cc1. The molecule has 1 aromatic heterocycles. The molecule has 0 spiro atoms. The van der Waals surface area contributed by atoms with E-state index in [1.807, 2.05) is 43.3 Å². The number of nitrogens with zero attached hydrogens (tertiary/aromatic N) is 2. The first-order valence-electron chi connectivity index (χ1n) is 8.89.